The van der Waals surface area contributed by atoms with Crippen molar-refractivity contribution < 1.29 is 12.8 Å². The Balaban J connectivity index is 2.07. The monoisotopic (exact) mass is 376 g/mol. The maximum absolute atomic E-state index is 14.4. The fourth-order valence-electron chi connectivity index (χ4n) is 3.78. The number of nitrogens with one attached hydrogen (secondary N) is 1. The first-order valence-corrected chi connectivity index (χ1v) is 10.3. The molecular weight excluding hydrogens is 351 g/mol. The summed E-state index contributed by atoms with van der Waals surface area (Å²) in [5.41, 5.74) is 4.78. The number of halogens is 1. The average molecular weight is 376 g/mol. The molecule has 0 aliphatic carbocycles. The van der Waals surface area contributed by atoms with E-state index in [4.69, 9.17) is 0 Å². The van der Waals surface area contributed by atoms with Crippen LogP contribution in [0.1, 0.15) is 35.1 Å². The maximum atomic E-state index is 14.4. The number of anilines is 2. The Bertz CT molecular complexity index is 949. The lowest BCUT2D eigenvalue weighted by atomic mass is 10.0. The van der Waals surface area contributed by atoms with Crippen LogP contribution < -0.4 is 9.62 Å². The van der Waals surface area contributed by atoms with Crippen molar-refractivity contribution in [1.82, 2.24) is 0 Å². The van der Waals surface area contributed by atoms with Gasteiger partial charge in [0.25, 0.3) is 10.0 Å². The highest BCUT2D eigenvalue weighted by atomic mass is 32.2. The Morgan fingerprint density at radius 2 is 1.65 bits per heavy atom. The maximum Gasteiger partial charge on any atom is 0.264 e. The van der Waals surface area contributed by atoms with E-state index in [1.54, 1.807) is 19.1 Å². The molecule has 1 heterocycles. The standard InChI is InChI=1S/C20H25FN2O2S/c1-13-8-7-9-17(18(13)21)26(24,25)22-19-14(2)12-15(3)20(16(19)4)23-10-5-6-11-23/h7-9,12,22H,5-6,10-11H2,1-4H3. The minimum Gasteiger partial charge on any atom is -0.371 e. The second-order valence-electron chi connectivity index (χ2n) is 7.05. The third-order valence-corrected chi connectivity index (χ3v) is 6.40. The van der Waals surface area contributed by atoms with Gasteiger partial charge in [-0.3, -0.25) is 4.72 Å². The van der Waals surface area contributed by atoms with Gasteiger partial charge in [-0.05, 0) is 68.9 Å². The van der Waals surface area contributed by atoms with E-state index in [1.165, 1.54) is 6.07 Å². The van der Waals surface area contributed by atoms with Crippen molar-refractivity contribution in [2.45, 2.75) is 45.4 Å². The van der Waals surface area contributed by atoms with Crippen molar-refractivity contribution in [2.24, 2.45) is 0 Å². The van der Waals surface area contributed by atoms with E-state index in [1.807, 2.05) is 26.8 Å². The minimum atomic E-state index is -4.01. The van der Waals surface area contributed by atoms with Gasteiger partial charge in [-0.15, -0.1) is 0 Å². The molecule has 0 spiro atoms. The molecule has 1 saturated heterocycles. The molecule has 26 heavy (non-hydrogen) atoms. The Labute approximate surface area is 155 Å². The van der Waals surface area contributed by atoms with E-state index in [-0.39, 0.29) is 4.90 Å². The van der Waals surface area contributed by atoms with Crippen LogP contribution in [0.4, 0.5) is 15.8 Å². The number of benzene rings is 2. The van der Waals surface area contributed by atoms with Gasteiger partial charge in [0.2, 0.25) is 0 Å². The predicted octanol–water partition coefficient (Wildman–Crippen LogP) is 4.46. The predicted molar refractivity (Wildman–Crippen MR) is 104 cm³/mol. The van der Waals surface area contributed by atoms with Gasteiger partial charge < -0.3 is 4.90 Å². The van der Waals surface area contributed by atoms with Crippen LogP contribution in [0.5, 0.6) is 0 Å². The van der Waals surface area contributed by atoms with Crippen LogP contribution in [0, 0.1) is 33.5 Å². The molecule has 2 aromatic rings. The molecule has 0 amide bonds. The summed E-state index contributed by atoms with van der Waals surface area (Å²) in [6, 6.07) is 6.40. The molecule has 4 nitrogen and oxygen atoms in total. The van der Waals surface area contributed by atoms with Crippen LogP contribution >= 0.6 is 0 Å². The van der Waals surface area contributed by atoms with Crippen molar-refractivity contribution in [2.75, 3.05) is 22.7 Å². The van der Waals surface area contributed by atoms with Crippen molar-refractivity contribution in [1.29, 1.82) is 0 Å². The van der Waals surface area contributed by atoms with Crippen LogP contribution in [0.3, 0.4) is 0 Å². The summed E-state index contributed by atoms with van der Waals surface area (Å²) in [5.74, 6) is -0.706. The fourth-order valence-corrected chi connectivity index (χ4v) is 5.12. The number of hydrogen-bond donors (Lipinski definition) is 1. The molecule has 0 unspecified atom stereocenters. The molecule has 6 heteroatoms. The van der Waals surface area contributed by atoms with Gasteiger partial charge in [-0.25, -0.2) is 12.8 Å². The number of sulfonamides is 1. The highest BCUT2D eigenvalue weighted by Gasteiger charge is 2.25. The van der Waals surface area contributed by atoms with Gasteiger partial charge in [0.05, 0.1) is 5.69 Å². The average Bonchev–Trinajstić information content (AvgIpc) is 3.08. The third-order valence-electron chi connectivity index (χ3n) is 5.04. The Morgan fingerprint density at radius 1 is 1.00 bits per heavy atom. The van der Waals surface area contributed by atoms with E-state index < -0.39 is 15.8 Å². The lowest BCUT2D eigenvalue weighted by Crippen LogP contribution is -2.22. The molecule has 1 aliphatic rings. The zero-order valence-corrected chi connectivity index (χ0v) is 16.5. The molecule has 0 aromatic heterocycles. The molecular formula is C20H25FN2O2S. The Kier molecular flexibility index (Phi) is 4.97. The quantitative estimate of drug-likeness (QED) is 0.857. The second-order valence-corrected chi connectivity index (χ2v) is 8.70. The van der Waals surface area contributed by atoms with Gasteiger partial charge in [0.15, 0.2) is 0 Å². The summed E-state index contributed by atoms with van der Waals surface area (Å²) < 4.78 is 42.7. The first kappa shape index (κ1) is 18.7. The molecule has 0 atom stereocenters. The summed E-state index contributed by atoms with van der Waals surface area (Å²) in [6.45, 7) is 9.36. The van der Waals surface area contributed by atoms with E-state index >= 15 is 0 Å². The van der Waals surface area contributed by atoms with Gasteiger partial charge >= 0.3 is 0 Å². The fraction of sp³-hybridized carbons (Fsp3) is 0.400. The summed E-state index contributed by atoms with van der Waals surface area (Å²) in [7, 11) is -4.01. The lowest BCUT2D eigenvalue weighted by molar-refractivity contribution is 0.565. The first-order valence-electron chi connectivity index (χ1n) is 8.86. The Hall–Kier alpha value is -2.08. The van der Waals surface area contributed by atoms with E-state index in [0.29, 0.717) is 11.3 Å². The van der Waals surface area contributed by atoms with Crippen LogP contribution in [0.2, 0.25) is 0 Å². The summed E-state index contributed by atoms with van der Waals surface area (Å²) in [5, 5.41) is 0. The largest absolute Gasteiger partial charge is 0.371 e. The zero-order chi connectivity index (χ0) is 19.1. The number of hydrogen-bond acceptors (Lipinski definition) is 3. The van der Waals surface area contributed by atoms with Crippen molar-refractivity contribution in [3.8, 4) is 0 Å². The SMILES string of the molecule is Cc1cccc(S(=O)(=O)Nc2c(C)cc(C)c(N3CCCC3)c2C)c1F. The van der Waals surface area contributed by atoms with Crippen LogP contribution in [0.25, 0.3) is 0 Å². The van der Waals surface area contributed by atoms with E-state index in [2.05, 4.69) is 9.62 Å². The molecule has 3 rings (SSSR count). The Morgan fingerprint density at radius 3 is 2.31 bits per heavy atom. The van der Waals surface area contributed by atoms with Crippen LogP contribution in [-0.2, 0) is 10.0 Å². The van der Waals surface area contributed by atoms with E-state index in [9.17, 15) is 12.8 Å². The summed E-state index contributed by atoms with van der Waals surface area (Å²) >= 11 is 0. The van der Waals surface area contributed by atoms with Gasteiger partial charge in [-0.1, -0.05) is 18.2 Å². The summed E-state index contributed by atoms with van der Waals surface area (Å²) in [6.07, 6.45) is 2.28. The molecule has 0 radical (unpaired) electrons. The smallest absolute Gasteiger partial charge is 0.264 e. The third kappa shape index (κ3) is 3.30. The number of rotatable bonds is 4. The van der Waals surface area contributed by atoms with Crippen molar-refractivity contribution in [3.63, 3.8) is 0 Å². The molecule has 1 N–H and O–H groups in total. The first-order chi connectivity index (χ1) is 12.2. The van der Waals surface area contributed by atoms with Gasteiger partial charge in [0, 0.05) is 18.8 Å². The molecule has 1 aliphatic heterocycles. The normalized spacial score (nSPS) is 14.7. The molecule has 1 fully saturated rings. The van der Waals surface area contributed by atoms with Crippen molar-refractivity contribution in [3.05, 3.63) is 52.3 Å². The molecule has 0 saturated carbocycles. The molecule has 0 bridgehead atoms. The second kappa shape index (κ2) is 6.91. The van der Waals surface area contributed by atoms with Crippen LogP contribution in [0.15, 0.2) is 29.2 Å². The number of aryl methyl sites for hydroxylation is 3. The summed E-state index contributed by atoms with van der Waals surface area (Å²) in [4.78, 5) is 1.98. The topological polar surface area (TPSA) is 49.4 Å². The minimum absolute atomic E-state index is 0.308. The van der Waals surface area contributed by atoms with Crippen LogP contribution in [-0.4, -0.2) is 21.5 Å². The van der Waals surface area contributed by atoms with Gasteiger partial charge in [-0.2, -0.15) is 0 Å². The lowest BCUT2D eigenvalue weighted by Gasteiger charge is -2.26. The highest BCUT2D eigenvalue weighted by molar-refractivity contribution is 7.92. The zero-order valence-electron chi connectivity index (χ0n) is 15.7. The molecule has 2 aromatic carbocycles. The van der Waals surface area contributed by atoms with Gasteiger partial charge in [0.1, 0.15) is 10.7 Å². The van der Waals surface area contributed by atoms with E-state index in [0.717, 1.165) is 48.3 Å². The highest BCUT2D eigenvalue weighted by Crippen LogP contribution is 2.36. The molecule has 140 valence electrons. The van der Waals surface area contributed by atoms with Crippen molar-refractivity contribution >= 4 is 21.4 Å². The number of nitrogens with zero attached hydrogens (tertiary/aromatic N) is 1.